The van der Waals surface area contributed by atoms with Gasteiger partial charge in [-0.2, -0.15) is 0 Å². The summed E-state index contributed by atoms with van der Waals surface area (Å²) in [5.74, 6) is 0.518. The van der Waals surface area contributed by atoms with Crippen LogP contribution >= 0.6 is 0 Å². The number of para-hydroxylation sites is 1. The SMILES string of the molecule is CCOc1ccccc1C(=O)N1CC(C)(C)[C@](C)(O)C1. The second-order valence-electron chi connectivity index (χ2n) is 6.25. The van der Waals surface area contributed by atoms with Crippen molar-refractivity contribution in [3.05, 3.63) is 29.8 Å². The average molecular weight is 277 g/mol. The van der Waals surface area contributed by atoms with E-state index in [1.54, 1.807) is 24.0 Å². The zero-order valence-corrected chi connectivity index (χ0v) is 12.6. The lowest BCUT2D eigenvalue weighted by Crippen LogP contribution is -2.40. The Kier molecular flexibility index (Phi) is 3.78. The second kappa shape index (κ2) is 5.09. The molecule has 1 fully saturated rings. The Hall–Kier alpha value is -1.55. The molecule has 20 heavy (non-hydrogen) atoms. The molecule has 1 saturated heterocycles. The van der Waals surface area contributed by atoms with Gasteiger partial charge in [0.1, 0.15) is 5.75 Å². The molecule has 4 heteroatoms. The molecule has 1 amide bonds. The van der Waals surface area contributed by atoms with E-state index in [0.717, 1.165) is 0 Å². The largest absolute Gasteiger partial charge is 0.493 e. The second-order valence-corrected chi connectivity index (χ2v) is 6.25. The number of carbonyl (C=O) groups excluding carboxylic acids is 1. The minimum absolute atomic E-state index is 0.0834. The van der Waals surface area contributed by atoms with E-state index in [4.69, 9.17) is 4.74 Å². The summed E-state index contributed by atoms with van der Waals surface area (Å²) in [6, 6.07) is 7.25. The highest BCUT2D eigenvalue weighted by Crippen LogP contribution is 2.39. The van der Waals surface area contributed by atoms with E-state index in [2.05, 4.69) is 0 Å². The molecule has 0 saturated carbocycles. The maximum absolute atomic E-state index is 12.7. The van der Waals surface area contributed by atoms with E-state index in [0.29, 0.717) is 31.0 Å². The molecule has 1 aliphatic rings. The van der Waals surface area contributed by atoms with Gasteiger partial charge in [-0.3, -0.25) is 4.79 Å². The number of benzene rings is 1. The first-order valence-electron chi connectivity index (χ1n) is 7.02. The number of aliphatic hydroxyl groups is 1. The summed E-state index contributed by atoms with van der Waals surface area (Å²) >= 11 is 0. The summed E-state index contributed by atoms with van der Waals surface area (Å²) in [5, 5.41) is 10.4. The van der Waals surface area contributed by atoms with Crippen LogP contribution < -0.4 is 4.74 Å². The van der Waals surface area contributed by atoms with Crippen molar-refractivity contribution < 1.29 is 14.6 Å². The number of likely N-dealkylation sites (tertiary alicyclic amines) is 1. The molecule has 1 aromatic rings. The number of β-amino-alcohol motifs (C(OH)–C–C–N with tert-alkyl or cyclic N) is 1. The minimum Gasteiger partial charge on any atom is -0.493 e. The van der Waals surface area contributed by atoms with Crippen LogP contribution in [0.25, 0.3) is 0 Å². The first-order chi connectivity index (χ1) is 9.28. The monoisotopic (exact) mass is 277 g/mol. The van der Waals surface area contributed by atoms with Gasteiger partial charge in [0.15, 0.2) is 0 Å². The molecule has 1 N–H and O–H groups in total. The summed E-state index contributed by atoms with van der Waals surface area (Å²) in [4.78, 5) is 14.4. The van der Waals surface area contributed by atoms with Gasteiger partial charge in [-0.25, -0.2) is 0 Å². The van der Waals surface area contributed by atoms with Crippen molar-refractivity contribution in [1.29, 1.82) is 0 Å². The van der Waals surface area contributed by atoms with Gasteiger partial charge in [-0.15, -0.1) is 0 Å². The third-order valence-corrected chi connectivity index (χ3v) is 4.25. The molecule has 1 heterocycles. The van der Waals surface area contributed by atoms with Crippen LogP contribution in [0.2, 0.25) is 0 Å². The van der Waals surface area contributed by atoms with Gasteiger partial charge in [-0.1, -0.05) is 26.0 Å². The third-order valence-electron chi connectivity index (χ3n) is 4.25. The number of ether oxygens (including phenoxy) is 1. The Bertz CT molecular complexity index is 492. The van der Waals surface area contributed by atoms with Crippen molar-refractivity contribution in [3.8, 4) is 5.75 Å². The van der Waals surface area contributed by atoms with E-state index < -0.39 is 5.60 Å². The van der Waals surface area contributed by atoms with E-state index in [9.17, 15) is 9.90 Å². The molecule has 1 aliphatic heterocycles. The predicted molar refractivity (Wildman–Crippen MR) is 77.9 cm³/mol. The zero-order valence-electron chi connectivity index (χ0n) is 12.6. The molecule has 0 spiro atoms. The smallest absolute Gasteiger partial charge is 0.257 e. The fraction of sp³-hybridized carbons (Fsp3) is 0.562. The molecule has 2 rings (SSSR count). The van der Waals surface area contributed by atoms with Gasteiger partial charge in [0, 0.05) is 12.0 Å². The summed E-state index contributed by atoms with van der Waals surface area (Å²) < 4.78 is 5.51. The van der Waals surface area contributed by atoms with Crippen molar-refractivity contribution >= 4 is 5.91 Å². The molecule has 0 aromatic heterocycles. The molecule has 0 unspecified atom stereocenters. The normalized spacial score (nSPS) is 24.8. The van der Waals surface area contributed by atoms with Gasteiger partial charge in [0.2, 0.25) is 0 Å². The maximum atomic E-state index is 12.7. The van der Waals surface area contributed by atoms with E-state index >= 15 is 0 Å². The molecule has 1 aromatic carbocycles. The van der Waals surface area contributed by atoms with Crippen LogP contribution in [-0.2, 0) is 0 Å². The highest BCUT2D eigenvalue weighted by atomic mass is 16.5. The van der Waals surface area contributed by atoms with Crippen LogP contribution in [0.5, 0.6) is 5.75 Å². The van der Waals surface area contributed by atoms with Crippen LogP contribution in [0, 0.1) is 5.41 Å². The van der Waals surface area contributed by atoms with Crippen LogP contribution in [0.15, 0.2) is 24.3 Å². The van der Waals surface area contributed by atoms with E-state index in [-0.39, 0.29) is 11.3 Å². The van der Waals surface area contributed by atoms with Crippen molar-refractivity contribution in [2.24, 2.45) is 5.41 Å². The van der Waals surface area contributed by atoms with Crippen LogP contribution in [-0.4, -0.2) is 41.2 Å². The van der Waals surface area contributed by atoms with Crippen molar-refractivity contribution in [1.82, 2.24) is 4.90 Å². The number of carbonyl (C=O) groups is 1. The van der Waals surface area contributed by atoms with E-state index in [1.807, 2.05) is 32.9 Å². The minimum atomic E-state index is -0.872. The molecule has 1 atom stereocenters. The molecule has 0 bridgehead atoms. The van der Waals surface area contributed by atoms with Crippen molar-refractivity contribution in [3.63, 3.8) is 0 Å². The molecule has 4 nitrogen and oxygen atoms in total. The average Bonchev–Trinajstić information content (AvgIpc) is 2.59. The Morgan fingerprint density at radius 3 is 2.50 bits per heavy atom. The summed E-state index contributed by atoms with van der Waals surface area (Å²) in [7, 11) is 0. The molecule has 110 valence electrons. The first-order valence-corrected chi connectivity index (χ1v) is 7.02. The quantitative estimate of drug-likeness (QED) is 0.922. The zero-order chi connectivity index (χ0) is 15.0. The molecule has 0 aliphatic carbocycles. The van der Waals surface area contributed by atoms with Gasteiger partial charge in [-0.05, 0) is 26.0 Å². The fourth-order valence-electron chi connectivity index (χ4n) is 2.53. The highest BCUT2D eigenvalue weighted by Gasteiger charge is 2.49. The number of rotatable bonds is 3. The highest BCUT2D eigenvalue weighted by molar-refractivity contribution is 5.97. The van der Waals surface area contributed by atoms with Crippen LogP contribution in [0.1, 0.15) is 38.1 Å². The van der Waals surface area contributed by atoms with Gasteiger partial charge in [0.05, 0.1) is 24.3 Å². The molecular weight excluding hydrogens is 254 g/mol. The summed E-state index contributed by atoms with van der Waals surface area (Å²) in [5.41, 5.74) is -0.630. The summed E-state index contributed by atoms with van der Waals surface area (Å²) in [6.07, 6.45) is 0. The van der Waals surface area contributed by atoms with Gasteiger partial charge >= 0.3 is 0 Å². The summed E-state index contributed by atoms with van der Waals surface area (Å²) in [6.45, 7) is 9.05. The number of hydrogen-bond acceptors (Lipinski definition) is 3. The Morgan fingerprint density at radius 1 is 1.30 bits per heavy atom. The lowest BCUT2D eigenvalue weighted by atomic mass is 9.79. The Morgan fingerprint density at radius 2 is 1.95 bits per heavy atom. The van der Waals surface area contributed by atoms with Crippen LogP contribution in [0.3, 0.4) is 0 Å². The number of amides is 1. The first kappa shape index (κ1) is 14.9. The molecule has 0 radical (unpaired) electrons. The van der Waals surface area contributed by atoms with Crippen molar-refractivity contribution in [2.45, 2.75) is 33.3 Å². The fourth-order valence-corrected chi connectivity index (χ4v) is 2.53. The topological polar surface area (TPSA) is 49.8 Å². The van der Waals surface area contributed by atoms with Crippen molar-refractivity contribution in [2.75, 3.05) is 19.7 Å². The number of nitrogens with zero attached hydrogens (tertiary/aromatic N) is 1. The third kappa shape index (κ3) is 2.52. The van der Waals surface area contributed by atoms with Gasteiger partial charge < -0.3 is 14.7 Å². The van der Waals surface area contributed by atoms with Crippen LogP contribution in [0.4, 0.5) is 0 Å². The molecular formula is C16H23NO3. The lowest BCUT2D eigenvalue weighted by molar-refractivity contribution is -0.0108. The number of hydrogen-bond donors (Lipinski definition) is 1. The maximum Gasteiger partial charge on any atom is 0.257 e. The lowest BCUT2D eigenvalue weighted by Gasteiger charge is -2.30. The van der Waals surface area contributed by atoms with Gasteiger partial charge in [0.25, 0.3) is 5.91 Å². The Balaban J connectivity index is 2.26. The Labute approximate surface area is 120 Å². The van der Waals surface area contributed by atoms with E-state index in [1.165, 1.54) is 0 Å². The standard InChI is InChI=1S/C16H23NO3/c1-5-20-13-9-7-6-8-12(13)14(18)17-10-15(2,3)16(4,19)11-17/h6-9,19H,5,10-11H2,1-4H3/t16-/m1/s1. The predicted octanol–water partition coefficient (Wildman–Crippen LogP) is 2.32.